The zero-order chi connectivity index (χ0) is 20.5. The maximum atomic E-state index is 10.7. The Bertz CT molecular complexity index is 437. The van der Waals surface area contributed by atoms with E-state index in [1.54, 1.807) is 0 Å². The molecule has 0 aromatic heterocycles. The minimum absolute atomic E-state index is 0.132. The summed E-state index contributed by atoms with van der Waals surface area (Å²) in [6, 6.07) is 0. The molecule has 0 radical (unpaired) electrons. The molecule has 0 aromatic carbocycles. The van der Waals surface area contributed by atoms with Crippen LogP contribution < -0.4 is 0 Å². The zero-order valence-electron chi connectivity index (χ0n) is 17.6. The van der Waals surface area contributed by atoms with Crippen LogP contribution in [0.4, 0.5) is 0 Å². The van der Waals surface area contributed by atoms with Crippen LogP contribution in [0, 0.1) is 0 Å². The van der Waals surface area contributed by atoms with Crippen LogP contribution in [-0.4, -0.2) is 35.4 Å². The lowest BCUT2D eigenvalue weighted by Gasteiger charge is -2.12. The number of ether oxygens (including phenoxy) is 2. The molecule has 1 aliphatic heterocycles. The minimum atomic E-state index is -4.43. The SMILES string of the molecule is CCCCCCCC/C=C\CCCCCCC[C@H]1OCC(COP(=O)(O)O)O1. The van der Waals surface area contributed by atoms with Crippen LogP contribution in [0.1, 0.15) is 96.8 Å². The molecule has 0 aliphatic carbocycles. The van der Waals surface area contributed by atoms with Crippen molar-refractivity contribution in [2.24, 2.45) is 0 Å². The van der Waals surface area contributed by atoms with E-state index in [0.29, 0.717) is 6.61 Å². The van der Waals surface area contributed by atoms with Crippen LogP contribution in [0.15, 0.2) is 12.2 Å². The Labute approximate surface area is 171 Å². The quantitative estimate of drug-likeness (QED) is 0.164. The zero-order valence-corrected chi connectivity index (χ0v) is 18.5. The third-order valence-corrected chi connectivity index (χ3v) is 5.43. The number of phosphoric acid groups is 1. The van der Waals surface area contributed by atoms with Gasteiger partial charge in [-0.3, -0.25) is 4.52 Å². The summed E-state index contributed by atoms with van der Waals surface area (Å²) < 4.78 is 26.2. The van der Waals surface area contributed by atoms with Gasteiger partial charge in [-0.25, -0.2) is 4.57 Å². The Kier molecular flexibility index (Phi) is 15.3. The van der Waals surface area contributed by atoms with Crippen molar-refractivity contribution in [3.05, 3.63) is 12.2 Å². The van der Waals surface area contributed by atoms with Gasteiger partial charge in [0, 0.05) is 0 Å². The molecule has 0 saturated carbocycles. The average Bonchev–Trinajstić information content (AvgIpc) is 3.10. The molecule has 2 N–H and O–H groups in total. The predicted molar refractivity (Wildman–Crippen MR) is 112 cm³/mol. The molecule has 0 aromatic rings. The van der Waals surface area contributed by atoms with E-state index in [2.05, 4.69) is 23.6 Å². The molecule has 1 fully saturated rings. The molecule has 7 heteroatoms. The maximum absolute atomic E-state index is 10.7. The highest BCUT2D eigenvalue weighted by Crippen LogP contribution is 2.36. The van der Waals surface area contributed by atoms with Crippen molar-refractivity contribution in [1.82, 2.24) is 0 Å². The van der Waals surface area contributed by atoms with Crippen molar-refractivity contribution < 1.29 is 28.3 Å². The molecule has 1 heterocycles. The van der Waals surface area contributed by atoms with Crippen molar-refractivity contribution >= 4 is 7.82 Å². The lowest BCUT2D eigenvalue weighted by Crippen LogP contribution is -2.18. The van der Waals surface area contributed by atoms with Crippen molar-refractivity contribution in [3.63, 3.8) is 0 Å². The second kappa shape index (κ2) is 16.6. The second-order valence-electron chi connectivity index (χ2n) is 7.68. The summed E-state index contributed by atoms with van der Waals surface area (Å²) in [7, 11) is -4.43. The van der Waals surface area contributed by atoms with Gasteiger partial charge >= 0.3 is 7.82 Å². The summed E-state index contributed by atoms with van der Waals surface area (Å²) in [5.74, 6) is 0. The van der Waals surface area contributed by atoms with E-state index < -0.39 is 7.82 Å². The van der Waals surface area contributed by atoms with Gasteiger partial charge in [-0.05, 0) is 38.5 Å². The van der Waals surface area contributed by atoms with Gasteiger partial charge in [0.15, 0.2) is 6.29 Å². The number of phosphoric ester groups is 1. The predicted octanol–water partition coefficient (Wildman–Crippen LogP) is 5.87. The molecule has 28 heavy (non-hydrogen) atoms. The van der Waals surface area contributed by atoms with Gasteiger partial charge in [-0.2, -0.15) is 0 Å². The highest BCUT2D eigenvalue weighted by molar-refractivity contribution is 7.46. The van der Waals surface area contributed by atoms with E-state index in [0.717, 1.165) is 19.3 Å². The van der Waals surface area contributed by atoms with Crippen molar-refractivity contribution in [2.45, 2.75) is 109 Å². The fourth-order valence-corrected chi connectivity index (χ4v) is 3.67. The fraction of sp³-hybridized carbons (Fsp3) is 0.905. The van der Waals surface area contributed by atoms with E-state index in [1.165, 1.54) is 70.6 Å². The van der Waals surface area contributed by atoms with Crippen LogP contribution in [0.2, 0.25) is 0 Å². The number of hydrogen-bond acceptors (Lipinski definition) is 4. The monoisotopic (exact) mass is 420 g/mol. The molecule has 2 atom stereocenters. The first-order chi connectivity index (χ1) is 13.5. The fourth-order valence-electron chi connectivity index (χ4n) is 3.31. The molecule has 6 nitrogen and oxygen atoms in total. The van der Waals surface area contributed by atoms with Gasteiger partial charge in [-0.15, -0.1) is 0 Å². The summed E-state index contributed by atoms with van der Waals surface area (Å²) in [5.41, 5.74) is 0. The summed E-state index contributed by atoms with van der Waals surface area (Å²) in [4.78, 5) is 17.4. The minimum Gasteiger partial charge on any atom is -0.350 e. The summed E-state index contributed by atoms with van der Waals surface area (Å²) >= 11 is 0. The molecule has 1 saturated heterocycles. The van der Waals surface area contributed by atoms with Crippen LogP contribution in [-0.2, 0) is 18.6 Å². The van der Waals surface area contributed by atoms with Gasteiger partial charge in [0.05, 0.1) is 13.2 Å². The third-order valence-electron chi connectivity index (χ3n) is 4.94. The average molecular weight is 421 g/mol. The molecule has 1 aliphatic rings. The van der Waals surface area contributed by atoms with Crippen molar-refractivity contribution in [3.8, 4) is 0 Å². The second-order valence-corrected chi connectivity index (χ2v) is 8.92. The molecule has 0 spiro atoms. The highest BCUT2D eigenvalue weighted by Gasteiger charge is 2.28. The van der Waals surface area contributed by atoms with E-state index in [-0.39, 0.29) is 19.0 Å². The van der Waals surface area contributed by atoms with Crippen LogP contribution in [0.5, 0.6) is 0 Å². The molecule has 1 unspecified atom stereocenters. The molecule has 166 valence electrons. The Balaban J connectivity index is 1.83. The van der Waals surface area contributed by atoms with Crippen molar-refractivity contribution in [2.75, 3.05) is 13.2 Å². The van der Waals surface area contributed by atoms with Gasteiger partial charge in [0.2, 0.25) is 0 Å². The summed E-state index contributed by atoms with van der Waals surface area (Å²) in [5, 5.41) is 0. The molecular formula is C21H41O6P. The molecule has 0 amide bonds. The Hall–Kier alpha value is -0.230. The number of rotatable bonds is 18. The normalized spacial score (nSPS) is 20.4. The smallest absolute Gasteiger partial charge is 0.350 e. The maximum Gasteiger partial charge on any atom is 0.469 e. The van der Waals surface area contributed by atoms with Crippen LogP contribution in [0.3, 0.4) is 0 Å². The lowest BCUT2D eigenvalue weighted by atomic mass is 10.1. The molecule has 1 rings (SSSR count). The summed E-state index contributed by atoms with van der Waals surface area (Å²) in [6.07, 6.45) is 21.4. The standard InChI is InChI=1S/C21H41O6P/c1-2-3-4-5-6-7-8-9-10-11-12-13-14-15-16-17-21-25-18-20(27-21)19-26-28(22,23)24/h9-10,20-21H,2-8,11-19H2,1H3,(H2,22,23,24)/b10-9-/t20?,21-/m0/s1. The van der Waals surface area contributed by atoms with Crippen molar-refractivity contribution in [1.29, 1.82) is 0 Å². The van der Waals surface area contributed by atoms with Crippen LogP contribution in [0.25, 0.3) is 0 Å². The molecule has 0 bridgehead atoms. The number of unbranched alkanes of at least 4 members (excludes halogenated alkanes) is 11. The van der Waals surface area contributed by atoms with E-state index >= 15 is 0 Å². The molecular weight excluding hydrogens is 379 g/mol. The largest absolute Gasteiger partial charge is 0.469 e. The first kappa shape index (κ1) is 25.8. The highest BCUT2D eigenvalue weighted by atomic mass is 31.2. The topological polar surface area (TPSA) is 85.2 Å². The van der Waals surface area contributed by atoms with Gasteiger partial charge in [0.25, 0.3) is 0 Å². The van der Waals surface area contributed by atoms with E-state index in [9.17, 15) is 4.57 Å². The Morgan fingerprint density at radius 2 is 1.50 bits per heavy atom. The van der Waals surface area contributed by atoms with E-state index in [1.807, 2.05) is 0 Å². The van der Waals surface area contributed by atoms with E-state index in [4.69, 9.17) is 19.3 Å². The van der Waals surface area contributed by atoms with Gasteiger partial charge in [0.1, 0.15) is 6.10 Å². The van der Waals surface area contributed by atoms with Gasteiger partial charge < -0.3 is 19.3 Å². The first-order valence-electron chi connectivity index (χ1n) is 11.1. The van der Waals surface area contributed by atoms with Gasteiger partial charge in [-0.1, -0.05) is 70.4 Å². The summed E-state index contributed by atoms with van der Waals surface area (Å²) in [6.45, 7) is 2.45. The van der Waals surface area contributed by atoms with Crippen LogP contribution >= 0.6 is 7.82 Å². The third kappa shape index (κ3) is 15.7. The number of allylic oxidation sites excluding steroid dienone is 2. The Morgan fingerprint density at radius 1 is 0.929 bits per heavy atom. The lowest BCUT2D eigenvalue weighted by molar-refractivity contribution is -0.0698. The number of hydrogen-bond donors (Lipinski definition) is 2. The first-order valence-corrected chi connectivity index (χ1v) is 12.7. The Morgan fingerprint density at radius 3 is 2.11 bits per heavy atom.